The second-order valence-electron chi connectivity index (χ2n) is 3.69. The highest BCUT2D eigenvalue weighted by molar-refractivity contribution is 6.30. The lowest BCUT2D eigenvalue weighted by Gasteiger charge is -2.15. The van der Waals surface area contributed by atoms with E-state index < -0.39 is 0 Å². The Morgan fingerprint density at radius 1 is 1.50 bits per heavy atom. The fourth-order valence-corrected chi connectivity index (χ4v) is 1.81. The molecule has 0 aromatic heterocycles. The largest absolute Gasteiger partial charge is 0.318 e. The summed E-state index contributed by atoms with van der Waals surface area (Å²) in [6.07, 6.45) is 3.25. The molecular formula is C11H12ClNO. The molecule has 0 bridgehead atoms. The van der Waals surface area contributed by atoms with Gasteiger partial charge in [0.2, 0.25) is 6.41 Å². The van der Waals surface area contributed by atoms with E-state index in [1.807, 2.05) is 18.2 Å². The Hall–Kier alpha value is -1.02. The topological polar surface area (TPSA) is 20.3 Å². The summed E-state index contributed by atoms with van der Waals surface area (Å²) in [5.41, 5.74) is 2.18. The first-order valence-corrected chi connectivity index (χ1v) is 5.07. The number of rotatable bonds is 3. The third-order valence-corrected chi connectivity index (χ3v) is 2.78. The van der Waals surface area contributed by atoms with Gasteiger partial charge in [-0.25, -0.2) is 0 Å². The molecular weight excluding hydrogens is 198 g/mol. The molecule has 0 atom stereocenters. The molecule has 1 aliphatic carbocycles. The normalized spacial score (nSPS) is 15.3. The second kappa shape index (κ2) is 3.62. The average Bonchev–Trinajstić information content (AvgIpc) is 3.00. The zero-order chi connectivity index (χ0) is 10.1. The molecule has 1 aliphatic rings. The van der Waals surface area contributed by atoms with Crippen molar-refractivity contribution in [2.24, 2.45) is 0 Å². The predicted molar refractivity (Wildman–Crippen MR) is 57.9 cm³/mol. The van der Waals surface area contributed by atoms with Crippen LogP contribution in [0.15, 0.2) is 18.2 Å². The number of carbonyl (C=O) groups excluding carboxylic acids is 1. The van der Waals surface area contributed by atoms with Crippen molar-refractivity contribution in [2.75, 3.05) is 11.9 Å². The van der Waals surface area contributed by atoms with Crippen molar-refractivity contribution in [3.63, 3.8) is 0 Å². The van der Waals surface area contributed by atoms with Crippen LogP contribution in [-0.4, -0.2) is 13.5 Å². The Bertz CT molecular complexity index is 360. The minimum absolute atomic E-state index is 0.603. The number of amides is 1. The molecule has 0 spiro atoms. The van der Waals surface area contributed by atoms with Gasteiger partial charge in [0.1, 0.15) is 0 Å². The Morgan fingerprint density at radius 2 is 2.21 bits per heavy atom. The van der Waals surface area contributed by atoms with Gasteiger partial charge in [-0.15, -0.1) is 0 Å². The molecule has 0 unspecified atom stereocenters. The average molecular weight is 210 g/mol. The van der Waals surface area contributed by atoms with Gasteiger partial charge in [0.05, 0.1) is 0 Å². The van der Waals surface area contributed by atoms with E-state index in [1.54, 1.807) is 11.9 Å². The maximum atomic E-state index is 10.7. The minimum atomic E-state index is 0.603. The van der Waals surface area contributed by atoms with E-state index in [2.05, 4.69) is 0 Å². The summed E-state index contributed by atoms with van der Waals surface area (Å²) in [5, 5.41) is 0.745. The van der Waals surface area contributed by atoms with E-state index in [4.69, 9.17) is 11.6 Å². The molecule has 1 aromatic carbocycles. The Labute approximate surface area is 88.5 Å². The maximum absolute atomic E-state index is 10.7. The van der Waals surface area contributed by atoms with Crippen LogP contribution < -0.4 is 4.90 Å². The Kier molecular flexibility index (Phi) is 2.46. The summed E-state index contributed by atoms with van der Waals surface area (Å²) in [7, 11) is 1.77. The molecule has 2 nitrogen and oxygen atoms in total. The van der Waals surface area contributed by atoms with Gasteiger partial charge in [-0.05, 0) is 42.5 Å². The lowest BCUT2D eigenvalue weighted by Crippen LogP contribution is -2.15. The summed E-state index contributed by atoms with van der Waals surface area (Å²) in [4.78, 5) is 12.3. The number of hydrogen-bond donors (Lipinski definition) is 0. The van der Waals surface area contributed by atoms with Crippen LogP contribution in [0.2, 0.25) is 5.02 Å². The van der Waals surface area contributed by atoms with Crippen LogP contribution in [0, 0.1) is 0 Å². The smallest absolute Gasteiger partial charge is 0.213 e. The van der Waals surface area contributed by atoms with Gasteiger partial charge in [0.15, 0.2) is 0 Å². The molecule has 1 aromatic rings. The predicted octanol–water partition coefficient (Wildman–Crippen LogP) is 2.81. The third-order valence-electron chi connectivity index (χ3n) is 2.54. The van der Waals surface area contributed by atoms with Crippen molar-refractivity contribution < 1.29 is 4.79 Å². The molecule has 74 valence electrons. The fraction of sp³-hybridized carbons (Fsp3) is 0.364. The quantitative estimate of drug-likeness (QED) is 0.701. The number of halogens is 1. The van der Waals surface area contributed by atoms with Gasteiger partial charge in [-0.2, -0.15) is 0 Å². The lowest BCUT2D eigenvalue weighted by atomic mass is 10.1. The van der Waals surface area contributed by atoms with Gasteiger partial charge in [-0.1, -0.05) is 11.6 Å². The van der Waals surface area contributed by atoms with Gasteiger partial charge < -0.3 is 4.90 Å². The van der Waals surface area contributed by atoms with Crippen molar-refractivity contribution in [2.45, 2.75) is 18.8 Å². The van der Waals surface area contributed by atoms with E-state index in [0.717, 1.165) is 17.1 Å². The first-order chi connectivity index (χ1) is 6.72. The molecule has 1 saturated carbocycles. The summed E-state index contributed by atoms with van der Waals surface area (Å²) in [5.74, 6) is 0.603. The highest BCUT2D eigenvalue weighted by atomic mass is 35.5. The monoisotopic (exact) mass is 209 g/mol. The van der Waals surface area contributed by atoms with Gasteiger partial charge in [-0.3, -0.25) is 4.79 Å². The highest BCUT2D eigenvalue weighted by Crippen LogP contribution is 2.44. The van der Waals surface area contributed by atoms with Crippen LogP contribution in [0.3, 0.4) is 0 Å². The van der Waals surface area contributed by atoms with Crippen LogP contribution in [-0.2, 0) is 4.79 Å². The molecule has 14 heavy (non-hydrogen) atoms. The summed E-state index contributed by atoms with van der Waals surface area (Å²) < 4.78 is 0. The number of hydrogen-bond acceptors (Lipinski definition) is 1. The molecule has 3 heteroatoms. The lowest BCUT2D eigenvalue weighted by molar-refractivity contribution is -0.107. The summed E-state index contributed by atoms with van der Waals surface area (Å²) in [6.45, 7) is 0. The maximum Gasteiger partial charge on any atom is 0.213 e. The molecule has 0 aliphatic heterocycles. The van der Waals surface area contributed by atoms with Crippen molar-refractivity contribution in [1.82, 2.24) is 0 Å². The number of nitrogens with zero attached hydrogens (tertiary/aromatic N) is 1. The van der Waals surface area contributed by atoms with E-state index in [-0.39, 0.29) is 0 Å². The van der Waals surface area contributed by atoms with E-state index in [0.29, 0.717) is 5.92 Å². The number of anilines is 1. The number of benzene rings is 1. The standard InChI is InChI=1S/C11H12ClNO/c1-13(7-14)11-5-4-9(12)6-10(11)8-2-3-8/h4-8H,2-3H2,1H3. The molecule has 0 heterocycles. The van der Waals surface area contributed by atoms with Gasteiger partial charge in [0.25, 0.3) is 0 Å². The molecule has 1 amide bonds. The van der Waals surface area contributed by atoms with Crippen molar-refractivity contribution in [1.29, 1.82) is 0 Å². The molecule has 0 saturated heterocycles. The Morgan fingerprint density at radius 3 is 2.79 bits per heavy atom. The molecule has 0 radical (unpaired) electrons. The van der Waals surface area contributed by atoms with Gasteiger partial charge >= 0.3 is 0 Å². The zero-order valence-corrected chi connectivity index (χ0v) is 8.79. The van der Waals surface area contributed by atoms with Crippen LogP contribution in [0.5, 0.6) is 0 Å². The second-order valence-corrected chi connectivity index (χ2v) is 4.13. The van der Waals surface area contributed by atoms with Crippen LogP contribution in [0.1, 0.15) is 24.3 Å². The third kappa shape index (κ3) is 1.75. The van der Waals surface area contributed by atoms with Gasteiger partial charge in [0, 0.05) is 17.8 Å². The van der Waals surface area contributed by atoms with E-state index >= 15 is 0 Å². The summed E-state index contributed by atoms with van der Waals surface area (Å²) in [6, 6.07) is 5.70. The first-order valence-electron chi connectivity index (χ1n) is 4.70. The van der Waals surface area contributed by atoms with Crippen LogP contribution in [0.25, 0.3) is 0 Å². The first kappa shape index (κ1) is 9.53. The van der Waals surface area contributed by atoms with Crippen LogP contribution in [0.4, 0.5) is 5.69 Å². The molecule has 1 fully saturated rings. The van der Waals surface area contributed by atoms with E-state index in [1.165, 1.54) is 18.4 Å². The highest BCUT2D eigenvalue weighted by Gasteiger charge is 2.27. The number of carbonyl (C=O) groups is 1. The van der Waals surface area contributed by atoms with Crippen LogP contribution >= 0.6 is 11.6 Å². The van der Waals surface area contributed by atoms with E-state index in [9.17, 15) is 4.79 Å². The van der Waals surface area contributed by atoms with Crippen molar-refractivity contribution >= 4 is 23.7 Å². The molecule has 2 rings (SSSR count). The SMILES string of the molecule is CN(C=O)c1ccc(Cl)cc1C1CC1. The van der Waals surface area contributed by atoms with Crippen molar-refractivity contribution in [3.05, 3.63) is 28.8 Å². The Balaban J connectivity index is 2.41. The van der Waals surface area contributed by atoms with Crippen molar-refractivity contribution in [3.8, 4) is 0 Å². The summed E-state index contributed by atoms with van der Waals surface area (Å²) >= 11 is 5.93. The zero-order valence-electron chi connectivity index (χ0n) is 8.03. The fourth-order valence-electron chi connectivity index (χ4n) is 1.62. The molecule has 0 N–H and O–H groups in total. The minimum Gasteiger partial charge on any atom is -0.318 e.